The van der Waals surface area contributed by atoms with Crippen molar-refractivity contribution in [3.8, 4) is 5.75 Å². The maximum absolute atomic E-state index is 12.6. The number of hydrogen-bond donors (Lipinski definition) is 1. The minimum absolute atomic E-state index is 0.124. The van der Waals surface area contributed by atoms with Gasteiger partial charge in [-0.05, 0) is 42.5 Å². The number of rotatable bonds is 7. The average Bonchev–Trinajstić information content (AvgIpc) is 2.63. The molecule has 1 heterocycles. The third-order valence-electron chi connectivity index (χ3n) is 4.58. The van der Waals surface area contributed by atoms with Crippen LogP contribution in [0, 0.1) is 0 Å². The van der Waals surface area contributed by atoms with Gasteiger partial charge in [-0.15, -0.1) is 0 Å². The minimum Gasteiger partial charge on any atom is -0.495 e. The second-order valence-electron chi connectivity index (χ2n) is 6.10. The summed E-state index contributed by atoms with van der Waals surface area (Å²) in [6, 6.07) is 9.00. The third kappa shape index (κ3) is 4.73. The fourth-order valence-corrected chi connectivity index (χ4v) is 3.06. The van der Waals surface area contributed by atoms with Crippen molar-refractivity contribution in [2.75, 3.05) is 12.4 Å². The Hall–Kier alpha value is -2.07. The average molecular weight is 362 g/mol. The van der Waals surface area contributed by atoms with Gasteiger partial charge in [0.05, 0.1) is 12.8 Å². The highest BCUT2D eigenvalue weighted by molar-refractivity contribution is 6.31. The Bertz CT molecular complexity index is 712. The smallest absolute Gasteiger partial charge is 0.293 e. The Balaban J connectivity index is 2.13. The summed E-state index contributed by atoms with van der Waals surface area (Å²) in [6.07, 6.45) is 6.16. The van der Waals surface area contributed by atoms with E-state index in [-0.39, 0.29) is 11.9 Å². The number of ether oxygens (including phenoxy) is 1. The Morgan fingerprint density at radius 3 is 2.40 bits per heavy atom. The van der Waals surface area contributed by atoms with Crippen molar-refractivity contribution < 1.29 is 14.1 Å². The zero-order chi connectivity index (χ0) is 18.4. The van der Waals surface area contributed by atoms with E-state index in [2.05, 4.69) is 31.3 Å². The van der Waals surface area contributed by atoms with E-state index in [0.717, 1.165) is 12.8 Å². The quantitative estimate of drug-likeness (QED) is 0.724. The van der Waals surface area contributed by atoms with Gasteiger partial charge in [-0.3, -0.25) is 4.79 Å². The molecule has 0 unspecified atom stereocenters. The highest BCUT2D eigenvalue weighted by Gasteiger charge is 2.23. The summed E-state index contributed by atoms with van der Waals surface area (Å²) < 4.78 is 7.17. The van der Waals surface area contributed by atoms with Crippen molar-refractivity contribution in [1.82, 2.24) is 0 Å². The second-order valence-corrected chi connectivity index (χ2v) is 6.54. The minimum atomic E-state index is -0.348. The fourth-order valence-electron chi connectivity index (χ4n) is 2.89. The number of pyridine rings is 1. The van der Waals surface area contributed by atoms with Crippen LogP contribution in [0.3, 0.4) is 0 Å². The predicted molar refractivity (Wildman–Crippen MR) is 101 cm³/mol. The van der Waals surface area contributed by atoms with E-state index in [0.29, 0.717) is 22.4 Å². The van der Waals surface area contributed by atoms with E-state index in [1.807, 2.05) is 23.9 Å². The van der Waals surface area contributed by atoms with Gasteiger partial charge in [0.25, 0.3) is 5.91 Å². The number of aromatic nitrogens is 1. The first-order valence-electron chi connectivity index (χ1n) is 8.65. The molecule has 25 heavy (non-hydrogen) atoms. The molecule has 0 aliphatic heterocycles. The van der Waals surface area contributed by atoms with Crippen LogP contribution in [0.5, 0.6) is 5.75 Å². The summed E-state index contributed by atoms with van der Waals surface area (Å²) in [6.45, 7) is 6.26. The molecule has 0 bridgehead atoms. The number of anilines is 1. The Kier molecular flexibility index (Phi) is 6.82. The topological polar surface area (TPSA) is 42.2 Å². The fraction of sp³-hybridized carbons (Fsp3) is 0.400. The Morgan fingerprint density at radius 2 is 1.84 bits per heavy atom. The lowest BCUT2D eigenvalue weighted by Gasteiger charge is -2.14. The molecule has 0 spiro atoms. The standard InChI is InChI=1S/C20H25ClN2O2/c1-5-15(6-2)16-9-11-23(12-10-16)14(3)20(24)22-18-13-17(21)7-8-19(18)25-4/h7-15H,5-6H2,1-4H3/p+1/t14-/m0/s1. The molecule has 2 aromatic rings. The summed E-state index contributed by atoms with van der Waals surface area (Å²) in [5.74, 6) is 1.02. The number of nitrogens with one attached hydrogen (secondary N) is 1. The van der Waals surface area contributed by atoms with Gasteiger partial charge in [-0.2, -0.15) is 4.57 Å². The van der Waals surface area contributed by atoms with E-state index in [1.165, 1.54) is 5.56 Å². The normalized spacial score (nSPS) is 12.1. The lowest BCUT2D eigenvalue weighted by Crippen LogP contribution is -2.44. The molecular formula is C20H26ClN2O2+. The molecule has 1 aromatic carbocycles. The molecule has 134 valence electrons. The van der Waals surface area contributed by atoms with Gasteiger partial charge in [0.1, 0.15) is 5.75 Å². The predicted octanol–water partition coefficient (Wildman–Crippen LogP) is 4.74. The van der Waals surface area contributed by atoms with Gasteiger partial charge in [0, 0.05) is 24.1 Å². The van der Waals surface area contributed by atoms with Crippen LogP contribution in [0.4, 0.5) is 5.69 Å². The molecule has 0 radical (unpaired) electrons. The summed E-state index contributed by atoms with van der Waals surface area (Å²) in [4.78, 5) is 12.6. The van der Waals surface area contributed by atoms with Crippen LogP contribution < -0.4 is 14.6 Å². The van der Waals surface area contributed by atoms with Crippen LogP contribution in [-0.4, -0.2) is 13.0 Å². The van der Waals surface area contributed by atoms with E-state index < -0.39 is 0 Å². The monoisotopic (exact) mass is 361 g/mol. The Labute approximate surface area is 154 Å². The van der Waals surface area contributed by atoms with Crippen LogP contribution >= 0.6 is 11.6 Å². The van der Waals surface area contributed by atoms with Gasteiger partial charge >= 0.3 is 0 Å². The number of carbonyl (C=O) groups is 1. The van der Waals surface area contributed by atoms with Crippen molar-refractivity contribution in [1.29, 1.82) is 0 Å². The zero-order valence-electron chi connectivity index (χ0n) is 15.3. The summed E-state index contributed by atoms with van der Waals surface area (Å²) in [5, 5.41) is 3.44. The summed E-state index contributed by atoms with van der Waals surface area (Å²) in [7, 11) is 1.56. The number of hydrogen-bond acceptors (Lipinski definition) is 2. The summed E-state index contributed by atoms with van der Waals surface area (Å²) >= 11 is 6.02. The molecule has 1 aromatic heterocycles. The molecule has 0 aliphatic rings. The number of nitrogens with zero attached hydrogens (tertiary/aromatic N) is 1. The Morgan fingerprint density at radius 1 is 1.20 bits per heavy atom. The zero-order valence-corrected chi connectivity index (χ0v) is 16.0. The van der Waals surface area contributed by atoms with Gasteiger partial charge in [-0.1, -0.05) is 25.4 Å². The lowest BCUT2D eigenvalue weighted by atomic mass is 9.95. The van der Waals surface area contributed by atoms with Gasteiger partial charge in [0.15, 0.2) is 12.4 Å². The van der Waals surface area contributed by atoms with Gasteiger partial charge in [-0.25, -0.2) is 0 Å². The molecule has 4 nitrogen and oxygen atoms in total. The van der Waals surface area contributed by atoms with Crippen molar-refractivity contribution in [2.24, 2.45) is 0 Å². The molecule has 0 aliphatic carbocycles. The van der Waals surface area contributed by atoms with E-state index >= 15 is 0 Å². The third-order valence-corrected chi connectivity index (χ3v) is 4.82. The van der Waals surface area contributed by atoms with Gasteiger partial charge < -0.3 is 10.1 Å². The van der Waals surface area contributed by atoms with Crippen molar-refractivity contribution in [2.45, 2.75) is 45.6 Å². The largest absolute Gasteiger partial charge is 0.495 e. The van der Waals surface area contributed by atoms with E-state index in [1.54, 1.807) is 25.3 Å². The summed E-state index contributed by atoms with van der Waals surface area (Å²) in [5.41, 5.74) is 1.88. The molecule has 0 saturated heterocycles. The molecule has 0 saturated carbocycles. The highest BCUT2D eigenvalue weighted by atomic mass is 35.5. The van der Waals surface area contributed by atoms with Crippen LogP contribution in [0.15, 0.2) is 42.7 Å². The number of carbonyl (C=O) groups excluding carboxylic acids is 1. The second kappa shape index (κ2) is 8.86. The van der Waals surface area contributed by atoms with Gasteiger partial charge in [0.2, 0.25) is 6.04 Å². The molecular weight excluding hydrogens is 336 g/mol. The molecule has 1 amide bonds. The lowest BCUT2D eigenvalue weighted by molar-refractivity contribution is -0.705. The van der Waals surface area contributed by atoms with Crippen LogP contribution in [0.25, 0.3) is 0 Å². The van der Waals surface area contributed by atoms with Crippen molar-refractivity contribution in [3.63, 3.8) is 0 Å². The highest BCUT2D eigenvalue weighted by Crippen LogP contribution is 2.28. The number of halogens is 1. The number of methoxy groups -OCH3 is 1. The van der Waals surface area contributed by atoms with Crippen LogP contribution in [0.1, 0.15) is 51.1 Å². The van der Waals surface area contributed by atoms with E-state index in [4.69, 9.17) is 16.3 Å². The maximum Gasteiger partial charge on any atom is 0.293 e. The number of amides is 1. The molecule has 1 N–H and O–H groups in total. The SMILES string of the molecule is CCC(CC)c1cc[n+]([C@@H](C)C(=O)Nc2cc(Cl)ccc2OC)cc1. The molecule has 0 fully saturated rings. The maximum atomic E-state index is 12.6. The van der Waals surface area contributed by atoms with Crippen molar-refractivity contribution in [3.05, 3.63) is 53.3 Å². The van der Waals surface area contributed by atoms with E-state index in [9.17, 15) is 4.79 Å². The van der Waals surface area contributed by atoms with Crippen LogP contribution in [-0.2, 0) is 4.79 Å². The number of benzene rings is 1. The molecule has 5 heteroatoms. The first kappa shape index (κ1) is 19.3. The molecule has 1 atom stereocenters. The first-order chi connectivity index (χ1) is 12.0. The molecule has 2 rings (SSSR count). The van der Waals surface area contributed by atoms with Crippen LogP contribution in [0.2, 0.25) is 5.02 Å². The first-order valence-corrected chi connectivity index (χ1v) is 9.03. The van der Waals surface area contributed by atoms with Crippen molar-refractivity contribution >= 4 is 23.2 Å².